The van der Waals surface area contributed by atoms with Crippen molar-refractivity contribution in [3.05, 3.63) is 35.4 Å². The molecule has 0 unspecified atom stereocenters. The van der Waals surface area contributed by atoms with E-state index in [0.29, 0.717) is 38.3 Å². The van der Waals surface area contributed by atoms with Crippen LogP contribution in [0.5, 0.6) is 0 Å². The number of piperidine rings is 1. The van der Waals surface area contributed by atoms with E-state index in [0.717, 1.165) is 5.75 Å². The second-order valence-corrected chi connectivity index (χ2v) is 6.87. The van der Waals surface area contributed by atoms with Gasteiger partial charge in [0.1, 0.15) is 0 Å². The molecule has 0 aromatic heterocycles. The third kappa shape index (κ3) is 5.57. The highest BCUT2D eigenvalue weighted by Gasteiger charge is 2.27. The van der Waals surface area contributed by atoms with Crippen molar-refractivity contribution in [3.63, 3.8) is 0 Å². The van der Waals surface area contributed by atoms with Crippen LogP contribution in [0.4, 0.5) is 0 Å². The first kappa shape index (κ1) is 17.9. The highest BCUT2D eigenvalue weighted by Crippen LogP contribution is 2.20. The van der Waals surface area contributed by atoms with Gasteiger partial charge in [-0.2, -0.15) is 0 Å². The SMILES string of the molecule is CCOC(=O)C1CCN(C(=O)CSCc2ccc(C)cc2)CC1. The molecule has 0 saturated carbocycles. The number of ether oxygens (including phenoxy) is 1. The smallest absolute Gasteiger partial charge is 0.309 e. The number of thioether (sulfide) groups is 1. The van der Waals surface area contributed by atoms with Crippen molar-refractivity contribution in [2.24, 2.45) is 5.92 Å². The minimum atomic E-state index is -0.117. The maximum absolute atomic E-state index is 12.2. The van der Waals surface area contributed by atoms with Gasteiger partial charge >= 0.3 is 5.97 Å². The number of hydrogen-bond acceptors (Lipinski definition) is 4. The van der Waals surface area contributed by atoms with Gasteiger partial charge < -0.3 is 9.64 Å². The van der Waals surface area contributed by atoms with Gasteiger partial charge in [0.2, 0.25) is 5.91 Å². The molecule has 1 fully saturated rings. The zero-order chi connectivity index (χ0) is 16.7. The lowest BCUT2D eigenvalue weighted by Gasteiger charge is -2.30. The normalized spacial score (nSPS) is 15.5. The van der Waals surface area contributed by atoms with E-state index >= 15 is 0 Å². The molecule has 0 N–H and O–H groups in total. The van der Waals surface area contributed by atoms with Gasteiger partial charge in [0.25, 0.3) is 0 Å². The predicted octanol–water partition coefficient (Wildman–Crippen LogP) is 3.03. The molecule has 1 aromatic rings. The zero-order valence-electron chi connectivity index (χ0n) is 13.9. The highest BCUT2D eigenvalue weighted by atomic mass is 32.2. The second-order valence-electron chi connectivity index (χ2n) is 5.89. The molecule has 126 valence electrons. The van der Waals surface area contributed by atoms with Gasteiger partial charge in [-0.05, 0) is 32.3 Å². The van der Waals surface area contributed by atoms with Crippen LogP contribution in [0.2, 0.25) is 0 Å². The third-order valence-corrected chi connectivity index (χ3v) is 5.07. The number of nitrogens with zero attached hydrogens (tertiary/aromatic N) is 1. The van der Waals surface area contributed by atoms with Crippen LogP contribution in [0.25, 0.3) is 0 Å². The molecular weight excluding hydrogens is 310 g/mol. The lowest BCUT2D eigenvalue weighted by molar-refractivity contribution is -0.151. The van der Waals surface area contributed by atoms with Gasteiger partial charge in [-0.25, -0.2) is 0 Å². The van der Waals surface area contributed by atoms with Crippen molar-refractivity contribution in [1.82, 2.24) is 4.90 Å². The summed E-state index contributed by atoms with van der Waals surface area (Å²) in [6.45, 7) is 5.64. The van der Waals surface area contributed by atoms with E-state index in [1.807, 2.05) is 11.8 Å². The molecule has 0 atom stereocenters. The molecule has 0 radical (unpaired) electrons. The lowest BCUT2D eigenvalue weighted by atomic mass is 9.97. The van der Waals surface area contributed by atoms with Crippen LogP contribution in [0.1, 0.15) is 30.9 Å². The fourth-order valence-corrected chi connectivity index (χ4v) is 3.54. The number of carbonyl (C=O) groups excluding carboxylic acids is 2. The van der Waals surface area contributed by atoms with Crippen LogP contribution in [-0.2, 0) is 20.1 Å². The topological polar surface area (TPSA) is 46.6 Å². The summed E-state index contributed by atoms with van der Waals surface area (Å²) in [5.74, 6) is 1.36. The Labute approximate surface area is 142 Å². The summed E-state index contributed by atoms with van der Waals surface area (Å²) in [5.41, 5.74) is 2.49. The number of esters is 1. The minimum absolute atomic E-state index is 0.0424. The average Bonchev–Trinajstić information content (AvgIpc) is 2.57. The molecule has 0 spiro atoms. The van der Waals surface area contributed by atoms with E-state index in [1.54, 1.807) is 11.8 Å². The maximum Gasteiger partial charge on any atom is 0.309 e. The van der Waals surface area contributed by atoms with E-state index in [4.69, 9.17) is 4.74 Å². The summed E-state index contributed by atoms with van der Waals surface area (Å²) in [5, 5.41) is 0. The second kappa shape index (κ2) is 8.96. The molecule has 1 aliphatic heterocycles. The van der Waals surface area contributed by atoms with E-state index < -0.39 is 0 Å². The Bertz CT molecular complexity index is 522. The first-order valence-electron chi connectivity index (χ1n) is 8.18. The molecule has 5 heteroatoms. The van der Waals surface area contributed by atoms with E-state index in [2.05, 4.69) is 31.2 Å². The van der Waals surface area contributed by atoms with Crippen molar-refractivity contribution in [1.29, 1.82) is 0 Å². The molecule has 23 heavy (non-hydrogen) atoms. The molecule has 0 aliphatic carbocycles. The summed E-state index contributed by atoms with van der Waals surface area (Å²) in [7, 11) is 0. The number of likely N-dealkylation sites (tertiary alicyclic amines) is 1. The van der Waals surface area contributed by atoms with Crippen molar-refractivity contribution >= 4 is 23.6 Å². The van der Waals surface area contributed by atoms with Crippen LogP contribution in [0, 0.1) is 12.8 Å². The van der Waals surface area contributed by atoms with Crippen LogP contribution >= 0.6 is 11.8 Å². The summed E-state index contributed by atoms with van der Waals surface area (Å²) in [6.07, 6.45) is 1.43. The molecular formula is C18H25NO3S. The summed E-state index contributed by atoms with van der Waals surface area (Å²) in [6, 6.07) is 8.41. The number of rotatable bonds is 6. The Hall–Kier alpha value is -1.49. The maximum atomic E-state index is 12.2. The molecule has 1 saturated heterocycles. The van der Waals surface area contributed by atoms with E-state index in [1.165, 1.54) is 11.1 Å². The Balaban J connectivity index is 1.68. The van der Waals surface area contributed by atoms with Gasteiger partial charge in [-0.15, -0.1) is 11.8 Å². The fourth-order valence-electron chi connectivity index (χ4n) is 2.66. The van der Waals surface area contributed by atoms with Crippen molar-refractivity contribution in [3.8, 4) is 0 Å². The van der Waals surface area contributed by atoms with Crippen molar-refractivity contribution in [2.75, 3.05) is 25.4 Å². The Morgan fingerprint density at radius 2 is 1.87 bits per heavy atom. The standard InChI is InChI=1S/C18H25NO3S/c1-3-22-18(21)16-8-10-19(11-9-16)17(20)13-23-12-15-6-4-14(2)5-7-15/h4-7,16H,3,8-13H2,1-2H3. The van der Waals surface area contributed by atoms with Crippen LogP contribution in [0.15, 0.2) is 24.3 Å². The number of hydrogen-bond donors (Lipinski definition) is 0. The van der Waals surface area contributed by atoms with Gasteiger partial charge in [0, 0.05) is 18.8 Å². The summed E-state index contributed by atoms with van der Waals surface area (Å²) < 4.78 is 5.05. The van der Waals surface area contributed by atoms with Crippen molar-refractivity contribution in [2.45, 2.75) is 32.4 Å². The number of carbonyl (C=O) groups is 2. The molecule has 2 rings (SSSR count). The predicted molar refractivity (Wildman–Crippen MR) is 93.3 cm³/mol. The van der Waals surface area contributed by atoms with Crippen LogP contribution in [0.3, 0.4) is 0 Å². The fraction of sp³-hybridized carbons (Fsp3) is 0.556. The van der Waals surface area contributed by atoms with Gasteiger partial charge in [0.05, 0.1) is 18.3 Å². The molecule has 4 nitrogen and oxygen atoms in total. The summed E-state index contributed by atoms with van der Waals surface area (Å²) >= 11 is 1.65. The third-order valence-electron chi connectivity index (χ3n) is 4.08. The quantitative estimate of drug-likeness (QED) is 0.750. The molecule has 1 heterocycles. The van der Waals surface area contributed by atoms with Crippen LogP contribution < -0.4 is 0 Å². The summed E-state index contributed by atoms with van der Waals surface area (Å²) in [4.78, 5) is 25.8. The first-order chi connectivity index (χ1) is 11.1. The van der Waals surface area contributed by atoms with Crippen molar-refractivity contribution < 1.29 is 14.3 Å². The van der Waals surface area contributed by atoms with Gasteiger partial charge in [0.15, 0.2) is 0 Å². The minimum Gasteiger partial charge on any atom is -0.466 e. The van der Waals surface area contributed by atoms with E-state index in [-0.39, 0.29) is 17.8 Å². The van der Waals surface area contributed by atoms with Gasteiger partial charge in [-0.1, -0.05) is 29.8 Å². The lowest BCUT2D eigenvalue weighted by Crippen LogP contribution is -2.41. The molecule has 1 amide bonds. The molecule has 1 aliphatic rings. The number of aryl methyl sites for hydroxylation is 1. The average molecular weight is 335 g/mol. The van der Waals surface area contributed by atoms with E-state index in [9.17, 15) is 9.59 Å². The largest absolute Gasteiger partial charge is 0.466 e. The monoisotopic (exact) mass is 335 g/mol. The van der Waals surface area contributed by atoms with Gasteiger partial charge in [-0.3, -0.25) is 9.59 Å². The number of amides is 1. The molecule has 0 bridgehead atoms. The Kier molecular flexibility index (Phi) is 6.96. The Morgan fingerprint density at radius 3 is 2.48 bits per heavy atom. The number of benzene rings is 1. The zero-order valence-corrected chi connectivity index (χ0v) is 14.7. The Morgan fingerprint density at radius 1 is 1.22 bits per heavy atom. The highest BCUT2D eigenvalue weighted by molar-refractivity contribution is 7.99. The molecule has 1 aromatic carbocycles. The first-order valence-corrected chi connectivity index (χ1v) is 9.33. The van der Waals surface area contributed by atoms with Crippen LogP contribution in [-0.4, -0.2) is 42.2 Å².